The quantitative estimate of drug-likeness (QED) is 0.578. The molecule has 0 aromatic rings. The molecule has 12 heavy (non-hydrogen) atoms. The van der Waals surface area contributed by atoms with Crippen LogP contribution in [0.2, 0.25) is 0 Å². The van der Waals surface area contributed by atoms with Crippen molar-refractivity contribution in [2.75, 3.05) is 7.11 Å². The Morgan fingerprint density at radius 2 is 1.92 bits per heavy atom. The van der Waals surface area contributed by atoms with Crippen LogP contribution >= 0.6 is 50.7 Å². The van der Waals surface area contributed by atoms with Crippen LogP contribution in [0.5, 0.6) is 0 Å². The van der Waals surface area contributed by atoms with E-state index in [9.17, 15) is 4.79 Å². The Bertz CT molecular complexity index is 176. The van der Waals surface area contributed by atoms with Crippen molar-refractivity contribution in [2.45, 2.75) is 21.5 Å². The molecule has 1 unspecified atom stereocenters. The predicted octanol–water partition coefficient (Wildman–Crippen LogP) is 3.07. The third-order valence-corrected chi connectivity index (χ3v) is 2.15. The van der Waals surface area contributed by atoms with Gasteiger partial charge >= 0.3 is 5.97 Å². The number of carbonyl (C=O) groups excluding carboxylic acids is 1. The van der Waals surface area contributed by atoms with E-state index in [1.807, 2.05) is 0 Å². The van der Waals surface area contributed by atoms with Gasteiger partial charge in [0, 0.05) is 6.42 Å². The van der Waals surface area contributed by atoms with E-state index in [0.717, 1.165) is 0 Å². The number of esters is 1. The van der Waals surface area contributed by atoms with Crippen LogP contribution in [0.4, 0.5) is 0 Å². The number of carbonyl (C=O) groups is 1. The zero-order valence-corrected chi connectivity index (χ0v) is 10.4. The standard InChI is InChI=1S/C6H8BrCl3O2/c1-5(7,4(11)12-2)3-6(8,9)10/h3H2,1-2H3. The Hall–Kier alpha value is 0.820. The van der Waals surface area contributed by atoms with Gasteiger partial charge in [0.1, 0.15) is 4.32 Å². The molecule has 0 aliphatic rings. The van der Waals surface area contributed by atoms with E-state index in [-0.39, 0.29) is 6.42 Å². The summed E-state index contributed by atoms with van der Waals surface area (Å²) in [4.78, 5) is 11.1. The van der Waals surface area contributed by atoms with Crippen LogP contribution in [0.1, 0.15) is 13.3 Å². The molecule has 6 heteroatoms. The summed E-state index contributed by atoms with van der Waals surface area (Å²) in [5.41, 5.74) is 0. The molecule has 0 spiro atoms. The molecule has 0 aromatic carbocycles. The van der Waals surface area contributed by atoms with Gasteiger partial charge in [-0.05, 0) is 6.92 Å². The van der Waals surface area contributed by atoms with Gasteiger partial charge in [0.15, 0.2) is 3.79 Å². The van der Waals surface area contributed by atoms with Gasteiger partial charge < -0.3 is 4.74 Å². The van der Waals surface area contributed by atoms with Gasteiger partial charge in [0.25, 0.3) is 0 Å². The third kappa shape index (κ3) is 4.75. The smallest absolute Gasteiger partial charge is 0.322 e. The fourth-order valence-electron chi connectivity index (χ4n) is 0.661. The van der Waals surface area contributed by atoms with E-state index in [4.69, 9.17) is 34.8 Å². The van der Waals surface area contributed by atoms with Crippen LogP contribution in [0.3, 0.4) is 0 Å². The highest BCUT2D eigenvalue weighted by atomic mass is 79.9. The Kier molecular flexibility index (Phi) is 4.66. The lowest BCUT2D eigenvalue weighted by atomic mass is 10.1. The lowest BCUT2D eigenvalue weighted by molar-refractivity contribution is -0.142. The zero-order chi connectivity index (χ0) is 9.99. The monoisotopic (exact) mass is 296 g/mol. The van der Waals surface area contributed by atoms with Gasteiger partial charge in [-0.1, -0.05) is 50.7 Å². The Morgan fingerprint density at radius 3 is 2.17 bits per heavy atom. The summed E-state index contributed by atoms with van der Waals surface area (Å²) in [6.45, 7) is 1.58. The lowest BCUT2D eigenvalue weighted by Crippen LogP contribution is -2.33. The number of rotatable bonds is 2. The second-order valence-corrected chi connectivity index (χ2v) is 6.75. The molecule has 2 nitrogen and oxygen atoms in total. The second-order valence-electron chi connectivity index (χ2n) is 2.48. The summed E-state index contributed by atoms with van der Waals surface area (Å²) in [5.74, 6) is -0.464. The first kappa shape index (κ1) is 12.8. The first-order chi connectivity index (χ1) is 5.19. The second kappa shape index (κ2) is 4.36. The fourth-order valence-corrected chi connectivity index (χ4v) is 2.53. The van der Waals surface area contributed by atoms with E-state index in [0.29, 0.717) is 0 Å². The number of methoxy groups -OCH3 is 1. The van der Waals surface area contributed by atoms with E-state index in [1.165, 1.54) is 7.11 Å². The zero-order valence-electron chi connectivity index (χ0n) is 6.54. The van der Waals surface area contributed by atoms with Crippen molar-refractivity contribution >= 4 is 56.7 Å². The Labute approximate surface area is 94.6 Å². The maximum absolute atomic E-state index is 11.1. The molecule has 0 radical (unpaired) electrons. The highest BCUT2D eigenvalue weighted by Crippen LogP contribution is 2.39. The average Bonchev–Trinajstić information content (AvgIpc) is 1.80. The minimum absolute atomic E-state index is 0.0529. The highest BCUT2D eigenvalue weighted by Gasteiger charge is 2.39. The molecule has 0 heterocycles. The first-order valence-corrected chi connectivity index (χ1v) is 4.96. The number of hydrogen-bond donors (Lipinski definition) is 0. The maximum Gasteiger partial charge on any atom is 0.322 e. The molecular weight excluding hydrogens is 290 g/mol. The topological polar surface area (TPSA) is 26.3 Å². The SMILES string of the molecule is COC(=O)C(C)(Br)CC(Cl)(Cl)Cl. The van der Waals surface area contributed by atoms with Crippen LogP contribution in [0, 0.1) is 0 Å². The molecule has 0 aromatic heterocycles. The van der Waals surface area contributed by atoms with E-state index in [2.05, 4.69) is 20.7 Å². The largest absolute Gasteiger partial charge is 0.468 e. The van der Waals surface area contributed by atoms with Gasteiger partial charge in [0.2, 0.25) is 0 Å². The molecule has 0 bridgehead atoms. The number of ether oxygens (including phenoxy) is 1. The Morgan fingerprint density at radius 1 is 1.50 bits per heavy atom. The predicted molar refractivity (Wildman–Crippen MR) is 54.3 cm³/mol. The van der Waals surface area contributed by atoms with Gasteiger partial charge in [0.05, 0.1) is 7.11 Å². The number of alkyl halides is 4. The molecule has 0 fully saturated rings. The van der Waals surface area contributed by atoms with Crippen LogP contribution < -0.4 is 0 Å². The summed E-state index contributed by atoms with van der Waals surface area (Å²) in [5, 5.41) is 0. The van der Waals surface area contributed by atoms with Gasteiger partial charge in [-0.25, -0.2) is 0 Å². The fraction of sp³-hybridized carbons (Fsp3) is 0.833. The highest BCUT2D eigenvalue weighted by molar-refractivity contribution is 9.10. The van der Waals surface area contributed by atoms with Crippen molar-refractivity contribution in [3.05, 3.63) is 0 Å². The van der Waals surface area contributed by atoms with Crippen molar-refractivity contribution in [2.24, 2.45) is 0 Å². The van der Waals surface area contributed by atoms with E-state index >= 15 is 0 Å². The van der Waals surface area contributed by atoms with E-state index < -0.39 is 14.1 Å². The summed E-state index contributed by atoms with van der Waals surface area (Å²) in [6.07, 6.45) is 0.0529. The molecular formula is C6H8BrCl3O2. The van der Waals surface area contributed by atoms with Crippen molar-refractivity contribution in [3.8, 4) is 0 Å². The molecule has 0 rings (SSSR count). The third-order valence-electron chi connectivity index (χ3n) is 1.14. The van der Waals surface area contributed by atoms with Crippen LogP contribution in [0.25, 0.3) is 0 Å². The van der Waals surface area contributed by atoms with Crippen molar-refractivity contribution in [3.63, 3.8) is 0 Å². The minimum Gasteiger partial charge on any atom is -0.468 e. The molecule has 0 saturated carbocycles. The lowest BCUT2D eigenvalue weighted by Gasteiger charge is -2.23. The summed E-state index contributed by atoms with van der Waals surface area (Å²) in [7, 11) is 1.28. The van der Waals surface area contributed by atoms with Crippen molar-refractivity contribution in [1.29, 1.82) is 0 Å². The molecule has 1 atom stereocenters. The van der Waals surface area contributed by atoms with Crippen molar-refractivity contribution in [1.82, 2.24) is 0 Å². The molecule has 0 N–H and O–H groups in total. The summed E-state index contributed by atoms with van der Waals surface area (Å²) < 4.78 is 2.08. The molecule has 0 amide bonds. The van der Waals surface area contributed by atoms with Gasteiger partial charge in [-0.3, -0.25) is 4.79 Å². The van der Waals surface area contributed by atoms with E-state index in [1.54, 1.807) is 6.92 Å². The van der Waals surface area contributed by atoms with Crippen molar-refractivity contribution < 1.29 is 9.53 Å². The average molecular weight is 298 g/mol. The van der Waals surface area contributed by atoms with Crippen LogP contribution in [0.15, 0.2) is 0 Å². The van der Waals surface area contributed by atoms with Crippen LogP contribution in [-0.2, 0) is 9.53 Å². The Balaban J connectivity index is 4.32. The normalized spacial score (nSPS) is 16.8. The summed E-state index contributed by atoms with van der Waals surface area (Å²) >= 11 is 19.7. The molecule has 72 valence electrons. The number of hydrogen-bond acceptors (Lipinski definition) is 2. The van der Waals surface area contributed by atoms with Crippen LogP contribution in [-0.4, -0.2) is 21.2 Å². The van der Waals surface area contributed by atoms with Gasteiger partial charge in [-0.15, -0.1) is 0 Å². The molecule has 0 aliphatic carbocycles. The minimum atomic E-state index is -1.47. The van der Waals surface area contributed by atoms with Gasteiger partial charge in [-0.2, -0.15) is 0 Å². The first-order valence-electron chi connectivity index (χ1n) is 3.03. The molecule has 0 saturated heterocycles. The maximum atomic E-state index is 11.1. The molecule has 0 aliphatic heterocycles. The number of halogens is 4. The summed E-state index contributed by atoms with van der Waals surface area (Å²) in [6, 6.07) is 0.